The van der Waals surface area contributed by atoms with Crippen LogP contribution in [0.1, 0.15) is 52.7 Å². The van der Waals surface area contributed by atoms with Gasteiger partial charge in [0.1, 0.15) is 17.0 Å². The number of hydrogen-bond acceptors (Lipinski definition) is 4. The summed E-state index contributed by atoms with van der Waals surface area (Å²) in [5.41, 5.74) is 0.767. The number of fused-ring (bicyclic) bond motifs is 1. The Kier molecular flexibility index (Phi) is 3.97. The maximum Gasteiger partial charge on any atom is 0.354 e. The zero-order valence-electron chi connectivity index (χ0n) is 13.4. The van der Waals surface area contributed by atoms with Gasteiger partial charge in [-0.2, -0.15) is 0 Å². The van der Waals surface area contributed by atoms with Gasteiger partial charge in [-0.15, -0.1) is 0 Å². The average molecular weight is 326 g/mol. The largest absolute Gasteiger partial charge is 0.487 e. The van der Waals surface area contributed by atoms with E-state index >= 15 is 0 Å². The molecule has 6 heteroatoms. The normalized spacial score (nSPS) is 18.2. The van der Waals surface area contributed by atoms with Crippen LogP contribution in [0.4, 0.5) is 0 Å². The zero-order valence-corrected chi connectivity index (χ0v) is 13.4. The summed E-state index contributed by atoms with van der Waals surface area (Å²) in [5, 5.41) is 11.9. The van der Waals surface area contributed by atoms with Crippen molar-refractivity contribution in [2.24, 2.45) is 0 Å². The van der Waals surface area contributed by atoms with Crippen LogP contribution >= 0.6 is 0 Å². The van der Waals surface area contributed by atoms with Crippen molar-refractivity contribution >= 4 is 11.9 Å². The SMILES string of the molecule is CC1(C)CC(NC(=O)c2ccc(C(=O)O)nc2)c2ccccc2O1. The van der Waals surface area contributed by atoms with Crippen LogP contribution in [0.2, 0.25) is 0 Å². The van der Waals surface area contributed by atoms with Crippen molar-refractivity contribution in [3.63, 3.8) is 0 Å². The Labute approximate surface area is 139 Å². The van der Waals surface area contributed by atoms with Crippen LogP contribution in [0.3, 0.4) is 0 Å². The van der Waals surface area contributed by atoms with Gasteiger partial charge in [-0.05, 0) is 32.0 Å². The summed E-state index contributed by atoms with van der Waals surface area (Å²) in [4.78, 5) is 27.1. The Morgan fingerprint density at radius 1 is 1.25 bits per heavy atom. The average Bonchev–Trinajstić information content (AvgIpc) is 2.53. The van der Waals surface area contributed by atoms with Gasteiger partial charge in [0.15, 0.2) is 0 Å². The Bertz CT molecular complexity index is 784. The number of amides is 1. The summed E-state index contributed by atoms with van der Waals surface area (Å²) in [6.45, 7) is 3.95. The third-order valence-corrected chi connectivity index (χ3v) is 3.93. The molecular formula is C18H18N2O4. The van der Waals surface area contributed by atoms with Gasteiger partial charge < -0.3 is 15.2 Å². The quantitative estimate of drug-likeness (QED) is 0.905. The Morgan fingerprint density at radius 3 is 2.67 bits per heavy atom. The highest BCUT2D eigenvalue weighted by Crippen LogP contribution is 2.39. The van der Waals surface area contributed by atoms with E-state index in [4.69, 9.17) is 9.84 Å². The van der Waals surface area contributed by atoms with Crippen molar-refractivity contribution in [2.75, 3.05) is 0 Å². The van der Waals surface area contributed by atoms with E-state index in [0.717, 1.165) is 11.3 Å². The lowest BCUT2D eigenvalue weighted by Gasteiger charge is -2.37. The van der Waals surface area contributed by atoms with E-state index in [1.807, 2.05) is 38.1 Å². The van der Waals surface area contributed by atoms with Crippen LogP contribution in [0, 0.1) is 0 Å². The third-order valence-electron chi connectivity index (χ3n) is 3.93. The third kappa shape index (κ3) is 3.22. The van der Waals surface area contributed by atoms with E-state index in [1.54, 1.807) is 0 Å². The summed E-state index contributed by atoms with van der Waals surface area (Å²) in [6, 6.07) is 10.2. The monoisotopic (exact) mass is 326 g/mol. The predicted molar refractivity (Wildman–Crippen MR) is 87.2 cm³/mol. The molecule has 1 aliphatic rings. The molecule has 1 aromatic carbocycles. The van der Waals surface area contributed by atoms with E-state index in [2.05, 4.69) is 10.3 Å². The van der Waals surface area contributed by atoms with Gasteiger partial charge in [-0.25, -0.2) is 9.78 Å². The minimum Gasteiger partial charge on any atom is -0.487 e. The number of carbonyl (C=O) groups is 2. The van der Waals surface area contributed by atoms with E-state index < -0.39 is 11.6 Å². The van der Waals surface area contributed by atoms with Crippen LogP contribution in [0.15, 0.2) is 42.6 Å². The molecule has 0 radical (unpaired) electrons. The van der Waals surface area contributed by atoms with Crippen LogP contribution in [-0.4, -0.2) is 27.6 Å². The number of ether oxygens (including phenoxy) is 1. The minimum absolute atomic E-state index is 0.0934. The van der Waals surface area contributed by atoms with Crippen LogP contribution in [-0.2, 0) is 0 Å². The van der Waals surface area contributed by atoms with Gasteiger partial charge in [-0.1, -0.05) is 18.2 Å². The van der Waals surface area contributed by atoms with Crippen molar-refractivity contribution < 1.29 is 19.4 Å². The van der Waals surface area contributed by atoms with Crippen LogP contribution < -0.4 is 10.1 Å². The molecule has 24 heavy (non-hydrogen) atoms. The molecule has 1 aromatic heterocycles. The van der Waals surface area contributed by atoms with Gasteiger partial charge in [0, 0.05) is 18.2 Å². The number of aromatic carboxylic acids is 1. The number of benzene rings is 1. The van der Waals surface area contributed by atoms with Crippen LogP contribution in [0.5, 0.6) is 5.75 Å². The molecule has 0 spiro atoms. The Hall–Kier alpha value is -2.89. The minimum atomic E-state index is -1.12. The highest BCUT2D eigenvalue weighted by molar-refractivity contribution is 5.95. The number of nitrogens with one attached hydrogen (secondary N) is 1. The van der Waals surface area contributed by atoms with E-state index in [0.29, 0.717) is 12.0 Å². The summed E-state index contributed by atoms with van der Waals surface area (Å²) in [6.07, 6.45) is 1.91. The number of carboxylic acids is 1. The van der Waals surface area contributed by atoms with Crippen molar-refractivity contribution in [1.29, 1.82) is 0 Å². The molecule has 0 bridgehead atoms. The van der Waals surface area contributed by atoms with Crippen molar-refractivity contribution in [3.05, 3.63) is 59.4 Å². The van der Waals surface area contributed by atoms with Crippen molar-refractivity contribution in [1.82, 2.24) is 10.3 Å². The van der Waals surface area contributed by atoms with Gasteiger partial charge in [0.2, 0.25) is 0 Å². The van der Waals surface area contributed by atoms with E-state index in [-0.39, 0.29) is 17.6 Å². The summed E-state index contributed by atoms with van der Waals surface area (Å²) < 4.78 is 5.95. The molecule has 1 aliphatic heterocycles. The molecule has 0 saturated carbocycles. The molecule has 1 unspecified atom stereocenters. The second-order valence-electron chi connectivity index (χ2n) is 6.37. The molecule has 6 nitrogen and oxygen atoms in total. The van der Waals surface area contributed by atoms with E-state index in [1.165, 1.54) is 18.3 Å². The second kappa shape index (κ2) is 5.96. The predicted octanol–water partition coefficient (Wildman–Crippen LogP) is 2.81. The van der Waals surface area contributed by atoms with Gasteiger partial charge >= 0.3 is 5.97 Å². The Morgan fingerprint density at radius 2 is 2.00 bits per heavy atom. The molecule has 2 aromatic rings. The number of pyridine rings is 1. The lowest BCUT2D eigenvalue weighted by atomic mass is 9.89. The van der Waals surface area contributed by atoms with Crippen molar-refractivity contribution in [2.45, 2.75) is 31.9 Å². The maximum atomic E-state index is 12.5. The molecule has 2 N–H and O–H groups in total. The fraction of sp³-hybridized carbons (Fsp3) is 0.278. The summed E-state index contributed by atoms with van der Waals surface area (Å²) in [7, 11) is 0. The number of rotatable bonds is 3. The fourth-order valence-electron chi connectivity index (χ4n) is 2.83. The van der Waals surface area contributed by atoms with Crippen molar-refractivity contribution in [3.8, 4) is 5.75 Å². The summed E-state index contributed by atoms with van der Waals surface area (Å²) in [5.74, 6) is -0.655. The first-order chi connectivity index (χ1) is 11.4. The first-order valence-corrected chi connectivity index (χ1v) is 7.64. The maximum absolute atomic E-state index is 12.5. The highest BCUT2D eigenvalue weighted by atomic mass is 16.5. The first kappa shape index (κ1) is 16.0. The lowest BCUT2D eigenvalue weighted by molar-refractivity contribution is 0.0617. The number of carboxylic acid groups (broad SMARTS) is 1. The number of hydrogen-bond donors (Lipinski definition) is 2. The molecule has 3 rings (SSSR count). The topological polar surface area (TPSA) is 88.5 Å². The molecular weight excluding hydrogens is 308 g/mol. The number of carbonyl (C=O) groups excluding carboxylic acids is 1. The first-order valence-electron chi connectivity index (χ1n) is 7.64. The Balaban J connectivity index is 1.82. The molecule has 0 fully saturated rings. The molecule has 0 saturated heterocycles. The van der Waals surface area contributed by atoms with E-state index in [9.17, 15) is 9.59 Å². The molecule has 124 valence electrons. The smallest absolute Gasteiger partial charge is 0.354 e. The molecule has 1 amide bonds. The highest BCUT2D eigenvalue weighted by Gasteiger charge is 2.34. The van der Waals surface area contributed by atoms with Crippen LogP contribution in [0.25, 0.3) is 0 Å². The number of aromatic nitrogens is 1. The molecule has 0 aliphatic carbocycles. The standard InChI is InChI=1S/C18H18N2O4/c1-18(2)9-14(12-5-3-4-6-15(12)24-18)20-16(21)11-7-8-13(17(22)23)19-10-11/h3-8,10,14H,9H2,1-2H3,(H,20,21)(H,22,23). The number of nitrogens with zero attached hydrogens (tertiary/aromatic N) is 1. The molecule has 2 heterocycles. The zero-order chi connectivity index (χ0) is 17.3. The number of para-hydroxylation sites is 1. The fourth-order valence-corrected chi connectivity index (χ4v) is 2.83. The van der Waals surface area contributed by atoms with Gasteiger partial charge in [0.05, 0.1) is 11.6 Å². The van der Waals surface area contributed by atoms with Gasteiger partial charge in [-0.3, -0.25) is 4.79 Å². The van der Waals surface area contributed by atoms with Gasteiger partial charge in [0.25, 0.3) is 5.91 Å². The second-order valence-corrected chi connectivity index (χ2v) is 6.37. The molecule has 1 atom stereocenters. The summed E-state index contributed by atoms with van der Waals surface area (Å²) >= 11 is 0. The lowest BCUT2D eigenvalue weighted by Crippen LogP contribution is -2.41.